The minimum Gasteiger partial charge on any atom is -0.356 e. The van der Waals surface area contributed by atoms with Crippen LogP contribution in [-0.2, 0) is 0 Å². The number of anilines is 1. The van der Waals surface area contributed by atoms with Crippen LogP contribution < -0.4 is 10.2 Å². The van der Waals surface area contributed by atoms with Crippen molar-refractivity contribution in [3.63, 3.8) is 0 Å². The average molecular weight is 349 g/mol. The molecular formula is C20H23N5O. The molecule has 1 N–H and O–H groups in total. The maximum absolute atomic E-state index is 12.5. The number of nitrogens with one attached hydrogen (secondary N) is 1. The van der Waals surface area contributed by atoms with Crippen LogP contribution >= 0.6 is 0 Å². The lowest BCUT2D eigenvalue weighted by atomic mass is 9.98. The van der Waals surface area contributed by atoms with Crippen molar-refractivity contribution in [2.45, 2.75) is 19.8 Å². The third-order valence-electron chi connectivity index (χ3n) is 4.88. The lowest BCUT2D eigenvalue weighted by Crippen LogP contribution is -2.41. The fourth-order valence-corrected chi connectivity index (χ4v) is 3.57. The molecular weight excluding hydrogens is 326 g/mol. The van der Waals surface area contributed by atoms with E-state index >= 15 is 0 Å². The van der Waals surface area contributed by atoms with Gasteiger partial charge in [-0.3, -0.25) is 4.79 Å². The van der Waals surface area contributed by atoms with Crippen LogP contribution in [0.4, 0.5) is 5.82 Å². The molecule has 26 heavy (non-hydrogen) atoms. The number of pyridine rings is 2. The normalized spacial score (nSPS) is 17.4. The van der Waals surface area contributed by atoms with Crippen molar-refractivity contribution in [2.75, 3.05) is 24.5 Å². The summed E-state index contributed by atoms with van der Waals surface area (Å²) in [6.45, 7) is 4.58. The number of nitrogens with zero attached hydrogens (tertiary/aromatic N) is 4. The van der Waals surface area contributed by atoms with Gasteiger partial charge in [0.15, 0.2) is 0 Å². The highest BCUT2D eigenvalue weighted by atomic mass is 16.1. The number of piperidine rings is 1. The molecule has 1 saturated heterocycles. The third-order valence-corrected chi connectivity index (χ3v) is 4.88. The second-order valence-electron chi connectivity index (χ2n) is 6.92. The summed E-state index contributed by atoms with van der Waals surface area (Å²) in [7, 11) is 0. The summed E-state index contributed by atoms with van der Waals surface area (Å²) in [5.41, 5.74) is 2.46. The van der Waals surface area contributed by atoms with Crippen LogP contribution in [-0.4, -0.2) is 39.9 Å². The molecule has 3 aromatic heterocycles. The van der Waals surface area contributed by atoms with E-state index in [0.717, 1.165) is 43.1 Å². The molecule has 4 rings (SSSR count). The molecule has 4 heterocycles. The Labute approximate surface area is 152 Å². The lowest BCUT2D eigenvalue weighted by Gasteiger charge is -2.33. The standard InChI is InChI=1S/C20H23N5O/c1-15-12-25-14-17(7-8-19(25)23-15)20(26)22-11-16-5-4-10-24(13-16)18-6-2-3-9-21-18/h2-3,6-9,12,14,16H,4-5,10-11,13H2,1H3,(H,22,26)/t16-/m0/s1. The van der Waals surface area contributed by atoms with Crippen LogP contribution in [0.2, 0.25) is 0 Å². The molecule has 6 nitrogen and oxygen atoms in total. The van der Waals surface area contributed by atoms with E-state index in [1.807, 2.05) is 60.2 Å². The van der Waals surface area contributed by atoms with Crippen LogP contribution in [0.3, 0.4) is 0 Å². The molecule has 1 atom stereocenters. The average Bonchev–Trinajstić information content (AvgIpc) is 3.06. The summed E-state index contributed by atoms with van der Waals surface area (Å²) in [5.74, 6) is 1.42. The second-order valence-corrected chi connectivity index (χ2v) is 6.92. The van der Waals surface area contributed by atoms with Crippen molar-refractivity contribution < 1.29 is 4.79 Å². The molecule has 1 aliphatic heterocycles. The van der Waals surface area contributed by atoms with E-state index in [1.165, 1.54) is 0 Å². The quantitative estimate of drug-likeness (QED) is 0.787. The van der Waals surface area contributed by atoms with Crippen molar-refractivity contribution in [2.24, 2.45) is 5.92 Å². The van der Waals surface area contributed by atoms with Crippen LogP contribution in [0.15, 0.2) is 48.9 Å². The van der Waals surface area contributed by atoms with Crippen molar-refractivity contribution in [3.05, 3.63) is 60.2 Å². The van der Waals surface area contributed by atoms with Gasteiger partial charge in [0.2, 0.25) is 0 Å². The monoisotopic (exact) mass is 349 g/mol. The van der Waals surface area contributed by atoms with E-state index in [0.29, 0.717) is 18.0 Å². The lowest BCUT2D eigenvalue weighted by molar-refractivity contribution is 0.0945. The summed E-state index contributed by atoms with van der Waals surface area (Å²) in [6, 6.07) is 9.71. The summed E-state index contributed by atoms with van der Waals surface area (Å²) < 4.78 is 1.90. The van der Waals surface area contributed by atoms with Gasteiger partial charge in [0.25, 0.3) is 5.91 Å². The molecule has 1 fully saturated rings. The van der Waals surface area contributed by atoms with Gasteiger partial charge in [-0.25, -0.2) is 9.97 Å². The van der Waals surface area contributed by atoms with Crippen LogP contribution in [0.1, 0.15) is 28.9 Å². The van der Waals surface area contributed by atoms with Crippen molar-refractivity contribution in [3.8, 4) is 0 Å². The number of amides is 1. The molecule has 0 bridgehead atoms. The Kier molecular flexibility index (Phi) is 4.56. The number of aryl methyl sites for hydroxylation is 1. The van der Waals surface area contributed by atoms with Crippen LogP contribution in [0.5, 0.6) is 0 Å². The zero-order valence-electron chi connectivity index (χ0n) is 14.9. The number of carbonyl (C=O) groups excluding carboxylic acids is 1. The van der Waals surface area contributed by atoms with Gasteiger partial charge in [-0.1, -0.05) is 6.07 Å². The Morgan fingerprint density at radius 2 is 2.19 bits per heavy atom. The van der Waals surface area contributed by atoms with Gasteiger partial charge in [-0.2, -0.15) is 0 Å². The summed E-state index contributed by atoms with van der Waals surface area (Å²) in [5, 5.41) is 3.09. The maximum Gasteiger partial charge on any atom is 0.252 e. The first-order valence-corrected chi connectivity index (χ1v) is 9.08. The van der Waals surface area contributed by atoms with E-state index in [-0.39, 0.29) is 5.91 Å². The number of aromatic nitrogens is 3. The van der Waals surface area contributed by atoms with Gasteiger partial charge in [0.05, 0.1) is 11.3 Å². The van der Waals surface area contributed by atoms with Gasteiger partial charge < -0.3 is 14.6 Å². The minimum atomic E-state index is -0.0341. The number of carbonyl (C=O) groups is 1. The fraction of sp³-hybridized carbons (Fsp3) is 0.350. The molecule has 0 unspecified atom stereocenters. The number of rotatable bonds is 4. The highest BCUT2D eigenvalue weighted by Crippen LogP contribution is 2.21. The SMILES string of the molecule is Cc1cn2cc(C(=O)NC[C@@H]3CCCN(c4ccccn4)C3)ccc2n1. The molecule has 0 saturated carbocycles. The molecule has 1 amide bonds. The summed E-state index contributed by atoms with van der Waals surface area (Å²) in [4.78, 5) is 23.7. The molecule has 0 aliphatic carbocycles. The first-order valence-electron chi connectivity index (χ1n) is 9.08. The first-order chi connectivity index (χ1) is 12.7. The van der Waals surface area contributed by atoms with Crippen molar-refractivity contribution in [1.82, 2.24) is 19.7 Å². The number of hydrogen-bond donors (Lipinski definition) is 1. The molecule has 0 aromatic carbocycles. The van der Waals surface area contributed by atoms with Gasteiger partial charge in [0.1, 0.15) is 11.5 Å². The van der Waals surface area contributed by atoms with Crippen molar-refractivity contribution >= 4 is 17.4 Å². The second kappa shape index (κ2) is 7.15. The topological polar surface area (TPSA) is 62.5 Å². The van der Waals surface area contributed by atoms with Crippen LogP contribution in [0, 0.1) is 12.8 Å². The Hall–Kier alpha value is -2.89. The Morgan fingerprint density at radius 1 is 1.27 bits per heavy atom. The molecule has 6 heteroatoms. The minimum absolute atomic E-state index is 0.0341. The predicted molar refractivity (Wildman–Crippen MR) is 101 cm³/mol. The van der Waals surface area contributed by atoms with E-state index in [4.69, 9.17) is 0 Å². The largest absolute Gasteiger partial charge is 0.356 e. The van der Waals surface area contributed by atoms with E-state index in [1.54, 1.807) is 0 Å². The molecule has 0 spiro atoms. The van der Waals surface area contributed by atoms with Crippen molar-refractivity contribution in [1.29, 1.82) is 0 Å². The Bertz CT molecular complexity index is 905. The zero-order valence-corrected chi connectivity index (χ0v) is 14.9. The molecule has 0 radical (unpaired) electrons. The smallest absolute Gasteiger partial charge is 0.252 e. The molecule has 134 valence electrons. The fourth-order valence-electron chi connectivity index (χ4n) is 3.57. The summed E-state index contributed by atoms with van der Waals surface area (Å²) >= 11 is 0. The zero-order chi connectivity index (χ0) is 17.9. The van der Waals surface area contributed by atoms with E-state index < -0.39 is 0 Å². The van der Waals surface area contributed by atoms with Gasteiger partial charge in [-0.05, 0) is 49.9 Å². The van der Waals surface area contributed by atoms with Gasteiger partial charge in [0, 0.05) is 38.2 Å². The summed E-state index contributed by atoms with van der Waals surface area (Å²) in [6.07, 6.45) is 7.85. The first kappa shape index (κ1) is 16.6. The number of hydrogen-bond acceptors (Lipinski definition) is 4. The van der Waals surface area contributed by atoms with Crippen LogP contribution in [0.25, 0.3) is 5.65 Å². The number of imidazole rings is 1. The molecule has 3 aromatic rings. The highest BCUT2D eigenvalue weighted by Gasteiger charge is 2.21. The van der Waals surface area contributed by atoms with Gasteiger partial charge in [-0.15, -0.1) is 0 Å². The Morgan fingerprint density at radius 3 is 3.04 bits per heavy atom. The predicted octanol–water partition coefficient (Wildman–Crippen LogP) is 2.68. The van der Waals surface area contributed by atoms with E-state index in [9.17, 15) is 4.79 Å². The highest BCUT2D eigenvalue weighted by molar-refractivity contribution is 5.94. The van der Waals surface area contributed by atoms with Gasteiger partial charge >= 0.3 is 0 Å². The molecule has 1 aliphatic rings. The maximum atomic E-state index is 12.5. The third kappa shape index (κ3) is 3.54. The Balaban J connectivity index is 1.37. The number of fused-ring (bicyclic) bond motifs is 1. The van der Waals surface area contributed by atoms with E-state index in [2.05, 4.69) is 20.2 Å².